The average Bonchev–Trinajstić information content (AvgIpc) is 2.96. The van der Waals surface area contributed by atoms with Crippen LogP contribution in [0, 0.1) is 0 Å². The molecular weight excluding hydrogens is 298 g/mol. The number of hydrogen-bond donors (Lipinski definition) is 0. The second-order valence-corrected chi connectivity index (χ2v) is 6.29. The molecule has 4 heteroatoms. The van der Waals surface area contributed by atoms with E-state index in [0.717, 1.165) is 40.7 Å². The first kappa shape index (κ1) is 11.2. The number of thiophene rings is 1. The van der Waals surface area contributed by atoms with E-state index in [0.29, 0.717) is 0 Å². The molecule has 88 valence electrons. The van der Waals surface area contributed by atoms with E-state index in [1.807, 2.05) is 17.0 Å². The van der Waals surface area contributed by atoms with E-state index in [9.17, 15) is 4.79 Å². The zero-order valence-electron chi connectivity index (χ0n) is 9.28. The van der Waals surface area contributed by atoms with E-state index in [-0.39, 0.29) is 5.91 Å². The Hall–Kier alpha value is -0.870. The van der Waals surface area contributed by atoms with Crippen LogP contribution in [0.4, 0.5) is 0 Å². The second-order valence-electron chi connectivity index (χ2n) is 4.29. The molecule has 1 fully saturated rings. The van der Waals surface area contributed by atoms with Crippen LogP contribution in [0.2, 0.25) is 0 Å². The molecule has 1 aliphatic rings. The number of likely N-dealkylation sites (tertiary alicyclic amines) is 1. The molecule has 0 N–H and O–H groups in total. The normalized spacial score (nSPS) is 15.7. The van der Waals surface area contributed by atoms with Crippen LogP contribution in [0.3, 0.4) is 0 Å². The van der Waals surface area contributed by atoms with Crippen molar-refractivity contribution in [2.75, 3.05) is 13.1 Å². The summed E-state index contributed by atoms with van der Waals surface area (Å²) >= 11 is 5.04. The first-order chi connectivity index (χ1) is 8.24. The third kappa shape index (κ3) is 2.11. The van der Waals surface area contributed by atoms with E-state index < -0.39 is 0 Å². The molecule has 1 saturated heterocycles. The van der Waals surface area contributed by atoms with E-state index in [4.69, 9.17) is 0 Å². The van der Waals surface area contributed by atoms with Gasteiger partial charge >= 0.3 is 0 Å². The third-order valence-electron chi connectivity index (χ3n) is 3.08. The molecule has 0 saturated carbocycles. The molecule has 2 aromatic rings. The fourth-order valence-electron chi connectivity index (χ4n) is 2.20. The van der Waals surface area contributed by atoms with E-state index in [1.165, 1.54) is 4.70 Å². The van der Waals surface area contributed by atoms with Crippen LogP contribution in [0.1, 0.15) is 22.5 Å². The Balaban J connectivity index is 1.97. The van der Waals surface area contributed by atoms with Crippen molar-refractivity contribution in [1.82, 2.24) is 4.90 Å². The zero-order valence-corrected chi connectivity index (χ0v) is 11.7. The van der Waals surface area contributed by atoms with Gasteiger partial charge in [-0.15, -0.1) is 11.3 Å². The summed E-state index contributed by atoms with van der Waals surface area (Å²) in [6.07, 6.45) is 2.28. The van der Waals surface area contributed by atoms with Crippen LogP contribution in [-0.4, -0.2) is 23.9 Å². The molecule has 2 heterocycles. The number of benzene rings is 1. The van der Waals surface area contributed by atoms with E-state index in [1.54, 1.807) is 11.3 Å². The van der Waals surface area contributed by atoms with Gasteiger partial charge in [0.1, 0.15) is 0 Å². The van der Waals surface area contributed by atoms with Crippen molar-refractivity contribution in [2.24, 2.45) is 0 Å². The highest BCUT2D eigenvalue weighted by molar-refractivity contribution is 9.10. The molecule has 0 radical (unpaired) electrons. The molecular formula is C13H12BrNOS. The maximum absolute atomic E-state index is 12.2. The molecule has 1 aromatic carbocycles. The smallest absolute Gasteiger partial charge is 0.263 e. The van der Waals surface area contributed by atoms with Gasteiger partial charge in [0.05, 0.1) is 4.88 Å². The van der Waals surface area contributed by atoms with Crippen LogP contribution in [0.5, 0.6) is 0 Å². The van der Waals surface area contributed by atoms with Crippen molar-refractivity contribution >= 4 is 43.3 Å². The van der Waals surface area contributed by atoms with E-state index in [2.05, 4.69) is 28.1 Å². The number of nitrogens with zero attached hydrogens (tertiary/aromatic N) is 1. The lowest BCUT2D eigenvalue weighted by Crippen LogP contribution is -2.26. The lowest BCUT2D eigenvalue weighted by atomic mass is 10.2. The third-order valence-corrected chi connectivity index (χ3v) is 4.68. The highest BCUT2D eigenvalue weighted by Crippen LogP contribution is 2.29. The van der Waals surface area contributed by atoms with Crippen molar-refractivity contribution in [2.45, 2.75) is 12.8 Å². The first-order valence-corrected chi connectivity index (χ1v) is 7.33. The maximum atomic E-state index is 12.2. The summed E-state index contributed by atoms with van der Waals surface area (Å²) in [7, 11) is 0. The summed E-state index contributed by atoms with van der Waals surface area (Å²) < 4.78 is 2.23. The van der Waals surface area contributed by atoms with Gasteiger partial charge in [0.25, 0.3) is 5.91 Å². The fraction of sp³-hybridized carbons (Fsp3) is 0.308. The van der Waals surface area contributed by atoms with Gasteiger partial charge in [-0.2, -0.15) is 0 Å². The number of amides is 1. The van der Waals surface area contributed by atoms with Crippen molar-refractivity contribution < 1.29 is 4.79 Å². The summed E-state index contributed by atoms with van der Waals surface area (Å²) in [5.74, 6) is 0.194. The largest absolute Gasteiger partial charge is 0.338 e. The van der Waals surface area contributed by atoms with Gasteiger partial charge in [-0.3, -0.25) is 4.79 Å². The topological polar surface area (TPSA) is 20.3 Å². The number of halogens is 1. The minimum atomic E-state index is 0.194. The number of fused-ring (bicyclic) bond motifs is 1. The maximum Gasteiger partial charge on any atom is 0.263 e. The highest BCUT2D eigenvalue weighted by Gasteiger charge is 2.21. The van der Waals surface area contributed by atoms with Crippen molar-refractivity contribution in [3.05, 3.63) is 33.6 Å². The van der Waals surface area contributed by atoms with Crippen LogP contribution >= 0.6 is 27.3 Å². The molecule has 0 spiro atoms. The molecule has 2 nitrogen and oxygen atoms in total. The Morgan fingerprint density at radius 2 is 2.00 bits per heavy atom. The second kappa shape index (κ2) is 4.42. The molecule has 0 unspecified atom stereocenters. The molecule has 1 amide bonds. The summed E-state index contributed by atoms with van der Waals surface area (Å²) in [4.78, 5) is 15.0. The van der Waals surface area contributed by atoms with Crippen LogP contribution in [-0.2, 0) is 0 Å². The Bertz CT molecular complexity index is 572. The SMILES string of the molecule is O=C(c1cc2cc(Br)ccc2s1)N1CCCC1. The predicted molar refractivity (Wildman–Crippen MR) is 74.7 cm³/mol. The van der Waals surface area contributed by atoms with Gasteiger partial charge in [0.15, 0.2) is 0 Å². The zero-order chi connectivity index (χ0) is 11.8. The van der Waals surface area contributed by atoms with Gasteiger partial charge < -0.3 is 4.90 Å². The molecule has 0 bridgehead atoms. The van der Waals surface area contributed by atoms with Crippen LogP contribution < -0.4 is 0 Å². The van der Waals surface area contributed by atoms with Crippen molar-refractivity contribution in [1.29, 1.82) is 0 Å². The van der Waals surface area contributed by atoms with Crippen molar-refractivity contribution in [3.8, 4) is 0 Å². The summed E-state index contributed by atoms with van der Waals surface area (Å²) in [6.45, 7) is 1.83. The van der Waals surface area contributed by atoms with Gasteiger partial charge in [-0.1, -0.05) is 15.9 Å². The molecule has 0 atom stereocenters. The number of rotatable bonds is 1. The van der Waals surface area contributed by atoms with Crippen molar-refractivity contribution in [3.63, 3.8) is 0 Å². The average molecular weight is 310 g/mol. The van der Waals surface area contributed by atoms with Gasteiger partial charge in [-0.05, 0) is 42.5 Å². The first-order valence-electron chi connectivity index (χ1n) is 5.72. The minimum absolute atomic E-state index is 0.194. The summed E-state index contributed by atoms with van der Waals surface area (Å²) in [5, 5.41) is 1.15. The molecule has 1 aromatic heterocycles. The summed E-state index contributed by atoms with van der Waals surface area (Å²) in [5.41, 5.74) is 0. The number of carbonyl (C=O) groups is 1. The standard InChI is InChI=1S/C13H12BrNOS/c14-10-3-4-11-9(7-10)8-12(17-11)13(16)15-5-1-2-6-15/h3-4,7-8H,1-2,5-6H2. The highest BCUT2D eigenvalue weighted by atomic mass is 79.9. The monoisotopic (exact) mass is 309 g/mol. The number of carbonyl (C=O) groups excluding carboxylic acids is 1. The lowest BCUT2D eigenvalue weighted by Gasteiger charge is -2.13. The predicted octanol–water partition coefficient (Wildman–Crippen LogP) is 3.90. The molecule has 17 heavy (non-hydrogen) atoms. The molecule has 1 aliphatic heterocycles. The van der Waals surface area contributed by atoms with Gasteiger partial charge in [-0.25, -0.2) is 0 Å². The summed E-state index contributed by atoms with van der Waals surface area (Å²) in [6, 6.07) is 8.14. The Morgan fingerprint density at radius 3 is 2.76 bits per heavy atom. The lowest BCUT2D eigenvalue weighted by molar-refractivity contribution is 0.0797. The molecule has 3 rings (SSSR count). The van der Waals surface area contributed by atoms with Crippen LogP contribution in [0.25, 0.3) is 10.1 Å². The minimum Gasteiger partial charge on any atom is -0.338 e. The van der Waals surface area contributed by atoms with Gasteiger partial charge in [0.2, 0.25) is 0 Å². The van der Waals surface area contributed by atoms with Gasteiger partial charge in [0, 0.05) is 22.3 Å². The van der Waals surface area contributed by atoms with Crippen LogP contribution in [0.15, 0.2) is 28.7 Å². The Morgan fingerprint density at radius 1 is 1.24 bits per heavy atom. The Kier molecular flexibility index (Phi) is 2.92. The Labute approximate surface area is 112 Å². The quantitative estimate of drug-likeness (QED) is 0.782. The number of hydrogen-bond acceptors (Lipinski definition) is 2. The fourth-order valence-corrected chi connectivity index (χ4v) is 3.59. The molecule has 0 aliphatic carbocycles. The van der Waals surface area contributed by atoms with E-state index >= 15 is 0 Å².